The summed E-state index contributed by atoms with van der Waals surface area (Å²) in [6, 6.07) is 7.56. The van der Waals surface area contributed by atoms with Crippen molar-refractivity contribution in [2.75, 3.05) is 0 Å². The van der Waals surface area contributed by atoms with Gasteiger partial charge in [-0.15, -0.1) is 0 Å². The van der Waals surface area contributed by atoms with Gasteiger partial charge in [-0.2, -0.15) is 5.10 Å². The molecule has 0 amide bonds. The topological polar surface area (TPSA) is 50.7 Å². The molecule has 1 aromatic carbocycles. The molecule has 1 heterocycles. The molecule has 1 saturated carbocycles. The molecule has 4 nitrogen and oxygen atoms in total. The second-order valence-electron chi connectivity index (χ2n) is 4.76. The molecule has 3 rings (SSSR count). The number of hydrogen-bond acceptors (Lipinski definition) is 2. The zero-order valence-corrected chi connectivity index (χ0v) is 10.8. The summed E-state index contributed by atoms with van der Waals surface area (Å²) >= 11 is 5.88. The highest BCUT2D eigenvalue weighted by Crippen LogP contribution is 2.39. The molecule has 1 N–H and O–H groups in total. The third-order valence-corrected chi connectivity index (χ3v) is 3.67. The summed E-state index contributed by atoms with van der Waals surface area (Å²) in [7, 11) is 0. The third kappa shape index (κ3) is 1.97. The van der Waals surface area contributed by atoms with Crippen LogP contribution >= 0.6 is 11.6 Å². The zero-order valence-electron chi connectivity index (χ0n) is 10.1. The minimum Gasteiger partial charge on any atom is -0.272 e. The predicted molar refractivity (Wildman–Crippen MR) is 70.1 cm³/mol. The summed E-state index contributed by atoms with van der Waals surface area (Å²) in [5, 5.41) is 7.39. The first kappa shape index (κ1) is 11.5. The number of hydrogen-bond donors (Lipinski definition) is 1. The average Bonchev–Trinajstić information content (AvgIpc) is 3.13. The van der Waals surface area contributed by atoms with Crippen LogP contribution in [0, 0.1) is 0 Å². The molecule has 0 spiro atoms. The van der Waals surface area contributed by atoms with Gasteiger partial charge in [0.05, 0.1) is 6.04 Å². The summed E-state index contributed by atoms with van der Waals surface area (Å²) in [4.78, 5) is 11.9. The largest absolute Gasteiger partial charge is 0.343 e. The van der Waals surface area contributed by atoms with Crippen molar-refractivity contribution in [2.45, 2.75) is 31.7 Å². The lowest BCUT2D eigenvalue weighted by molar-refractivity contribution is 0.585. The third-order valence-electron chi connectivity index (χ3n) is 3.41. The number of aromatic nitrogens is 3. The second-order valence-corrected chi connectivity index (χ2v) is 5.20. The van der Waals surface area contributed by atoms with Gasteiger partial charge in [-0.05, 0) is 37.5 Å². The minimum absolute atomic E-state index is 0.0240. The molecule has 0 unspecified atom stereocenters. The Morgan fingerprint density at radius 1 is 1.39 bits per heavy atom. The van der Waals surface area contributed by atoms with Crippen molar-refractivity contribution < 1.29 is 0 Å². The van der Waals surface area contributed by atoms with Crippen molar-refractivity contribution in [3.05, 3.63) is 51.2 Å². The van der Waals surface area contributed by atoms with Gasteiger partial charge in [0, 0.05) is 10.9 Å². The first-order valence-electron chi connectivity index (χ1n) is 6.09. The Morgan fingerprint density at radius 2 is 2.06 bits per heavy atom. The van der Waals surface area contributed by atoms with Crippen molar-refractivity contribution >= 4 is 11.6 Å². The molecule has 0 bridgehead atoms. The molecular formula is C13H14ClN3O. The summed E-state index contributed by atoms with van der Waals surface area (Å²) in [6.45, 7) is 2.01. The van der Waals surface area contributed by atoms with Crippen molar-refractivity contribution in [3.8, 4) is 0 Å². The number of aromatic amines is 1. The van der Waals surface area contributed by atoms with E-state index in [-0.39, 0.29) is 11.7 Å². The fourth-order valence-corrected chi connectivity index (χ4v) is 2.34. The molecule has 0 radical (unpaired) electrons. The molecule has 1 aromatic heterocycles. The number of nitrogens with zero attached hydrogens (tertiary/aromatic N) is 2. The minimum atomic E-state index is -0.139. The van der Waals surface area contributed by atoms with E-state index in [4.69, 9.17) is 11.6 Å². The summed E-state index contributed by atoms with van der Waals surface area (Å²) in [6.07, 6.45) is 2.25. The Hall–Kier alpha value is -1.55. The number of benzene rings is 1. The summed E-state index contributed by atoms with van der Waals surface area (Å²) in [5.74, 6) is 1.32. The Balaban J connectivity index is 2.01. The van der Waals surface area contributed by atoms with Crippen LogP contribution < -0.4 is 5.69 Å². The fraction of sp³-hybridized carbons (Fsp3) is 0.385. The second kappa shape index (κ2) is 4.28. The van der Waals surface area contributed by atoms with Gasteiger partial charge in [-0.3, -0.25) is 4.57 Å². The molecule has 18 heavy (non-hydrogen) atoms. The Kier molecular flexibility index (Phi) is 2.74. The van der Waals surface area contributed by atoms with E-state index in [1.807, 2.05) is 31.2 Å². The number of rotatable bonds is 3. The van der Waals surface area contributed by atoms with E-state index in [1.54, 1.807) is 4.57 Å². The van der Waals surface area contributed by atoms with Crippen molar-refractivity contribution in [3.63, 3.8) is 0 Å². The number of nitrogens with one attached hydrogen (secondary N) is 1. The molecule has 1 aliphatic rings. The van der Waals surface area contributed by atoms with Gasteiger partial charge >= 0.3 is 5.69 Å². The lowest BCUT2D eigenvalue weighted by atomic mass is 10.1. The number of halogens is 1. The van der Waals surface area contributed by atoms with E-state index in [9.17, 15) is 4.79 Å². The predicted octanol–water partition coefficient (Wildman–Crippen LogP) is 2.71. The van der Waals surface area contributed by atoms with Crippen LogP contribution in [0.2, 0.25) is 5.02 Å². The molecular weight excluding hydrogens is 250 g/mol. The van der Waals surface area contributed by atoms with E-state index in [2.05, 4.69) is 10.2 Å². The Morgan fingerprint density at radius 3 is 2.67 bits per heavy atom. The smallest absolute Gasteiger partial charge is 0.272 e. The van der Waals surface area contributed by atoms with Crippen LogP contribution in [0.25, 0.3) is 0 Å². The van der Waals surface area contributed by atoms with E-state index in [0.29, 0.717) is 10.9 Å². The van der Waals surface area contributed by atoms with E-state index < -0.39 is 0 Å². The highest BCUT2D eigenvalue weighted by molar-refractivity contribution is 6.30. The van der Waals surface area contributed by atoms with E-state index in [1.165, 1.54) is 0 Å². The van der Waals surface area contributed by atoms with E-state index >= 15 is 0 Å². The van der Waals surface area contributed by atoms with Crippen LogP contribution in [0.4, 0.5) is 0 Å². The van der Waals surface area contributed by atoms with Crippen molar-refractivity contribution in [1.82, 2.24) is 14.8 Å². The Bertz CT molecular complexity index is 610. The first-order chi connectivity index (χ1) is 8.66. The van der Waals surface area contributed by atoms with Gasteiger partial charge in [0.1, 0.15) is 5.82 Å². The lowest BCUT2D eigenvalue weighted by Crippen LogP contribution is -2.23. The molecule has 1 aliphatic carbocycles. The van der Waals surface area contributed by atoms with Crippen LogP contribution in [-0.4, -0.2) is 14.8 Å². The molecule has 5 heteroatoms. The highest BCUT2D eigenvalue weighted by atomic mass is 35.5. The van der Waals surface area contributed by atoms with Gasteiger partial charge in [0.25, 0.3) is 0 Å². The van der Waals surface area contributed by atoms with Crippen molar-refractivity contribution in [2.24, 2.45) is 0 Å². The summed E-state index contributed by atoms with van der Waals surface area (Å²) in [5.41, 5.74) is 0.921. The maximum absolute atomic E-state index is 11.9. The quantitative estimate of drug-likeness (QED) is 0.926. The number of H-pyrrole nitrogens is 1. The maximum atomic E-state index is 11.9. The first-order valence-corrected chi connectivity index (χ1v) is 6.47. The lowest BCUT2D eigenvalue weighted by Gasteiger charge is -2.14. The van der Waals surface area contributed by atoms with Gasteiger partial charge in [0.15, 0.2) is 0 Å². The molecule has 94 valence electrons. The SMILES string of the molecule is C[C@H](c1ccc(Cl)cc1)n1c(C2CC2)n[nH]c1=O. The van der Waals surface area contributed by atoms with Crippen LogP contribution in [0.1, 0.15) is 43.1 Å². The van der Waals surface area contributed by atoms with Crippen LogP contribution in [0.5, 0.6) is 0 Å². The molecule has 0 aliphatic heterocycles. The summed E-state index contributed by atoms with van der Waals surface area (Å²) < 4.78 is 1.75. The Labute approximate surface area is 110 Å². The van der Waals surface area contributed by atoms with E-state index in [0.717, 1.165) is 24.2 Å². The van der Waals surface area contributed by atoms with Gasteiger partial charge in [0.2, 0.25) is 0 Å². The van der Waals surface area contributed by atoms with Crippen LogP contribution in [-0.2, 0) is 0 Å². The van der Waals surface area contributed by atoms with Gasteiger partial charge in [-0.25, -0.2) is 9.89 Å². The van der Waals surface area contributed by atoms with Crippen LogP contribution in [0.15, 0.2) is 29.1 Å². The zero-order chi connectivity index (χ0) is 12.7. The van der Waals surface area contributed by atoms with Crippen molar-refractivity contribution in [1.29, 1.82) is 0 Å². The maximum Gasteiger partial charge on any atom is 0.343 e. The molecule has 1 atom stereocenters. The molecule has 0 saturated heterocycles. The average molecular weight is 264 g/mol. The molecule has 2 aromatic rings. The van der Waals surface area contributed by atoms with Gasteiger partial charge in [-0.1, -0.05) is 23.7 Å². The monoisotopic (exact) mass is 263 g/mol. The molecule has 1 fully saturated rings. The fourth-order valence-electron chi connectivity index (χ4n) is 2.21. The van der Waals surface area contributed by atoms with Crippen LogP contribution in [0.3, 0.4) is 0 Å². The normalized spacial score (nSPS) is 16.8. The van der Waals surface area contributed by atoms with Gasteiger partial charge < -0.3 is 0 Å². The standard InChI is InChI=1S/C13H14ClN3O/c1-8(9-4-6-11(14)7-5-9)17-12(10-2-3-10)15-16-13(17)18/h4-8,10H,2-3H2,1H3,(H,16,18)/t8-/m1/s1. The highest BCUT2D eigenvalue weighted by Gasteiger charge is 2.31.